The first-order valence-electron chi connectivity index (χ1n) is 3.57. The van der Waals surface area contributed by atoms with E-state index in [1.165, 1.54) is 26.4 Å². The lowest BCUT2D eigenvalue weighted by Gasteiger charge is -2.09. The van der Waals surface area contributed by atoms with Crippen LogP contribution >= 0.6 is 0 Å². The van der Waals surface area contributed by atoms with E-state index in [0.717, 1.165) is 5.56 Å². The summed E-state index contributed by atoms with van der Waals surface area (Å²) in [7, 11) is 3.01. The molecule has 0 fully saturated rings. The van der Waals surface area contributed by atoms with Gasteiger partial charge in [-0.3, -0.25) is 0 Å². The Labute approximate surface area is 70.9 Å². The van der Waals surface area contributed by atoms with Crippen molar-refractivity contribution in [2.24, 2.45) is 0 Å². The van der Waals surface area contributed by atoms with Gasteiger partial charge in [-0.05, 0) is 18.6 Å². The summed E-state index contributed by atoms with van der Waals surface area (Å²) in [4.78, 5) is 0. The summed E-state index contributed by atoms with van der Waals surface area (Å²) in [6.45, 7) is 1.77. The summed E-state index contributed by atoms with van der Waals surface area (Å²) in [5.74, 6) is 0.694. The normalized spacial score (nSPS) is 9.67. The van der Waals surface area contributed by atoms with Crippen molar-refractivity contribution in [2.45, 2.75) is 6.92 Å². The molecule has 0 N–H and O–H groups in total. The Morgan fingerprint density at radius 3 is 2.33 bits per heavy atom. The molecule has 0 amide bonds. The van der Waals surface area contributed by atoms with Crippen molar-refractivity contribution in [1.29, 1.82) is 0 Å². The fourth-order valence-electron chi connectivity index (χ4n) is 1.11. The average molecular weight is 170 g/mol. The zero-order chi connectivity index (χ0) is 9.14. The van der Waals surface area contributed by atoms with E-state index < -0.39 is 0 Å². The van der Waals surface area contributed by atoms with Crippen LogP contribution in [0.5, 0.6) is 11.5 Å². The molecule has 0 aliphatic heterocycles. The second-order valence-electron chi connectivity index (χ2n) is 2.46. The van der Waals surface area contributed by atoms with Gasteiger partial charge in [0.2, 0.25) is 0 Å². The first-order chi connectivity index (χ1) is 5.69. The van der Waals surface area contributed by atoms with Crippen molar-refractivity contribution < 1.29 is 13.9 Å². The van der Waals surface area contributed by atoms with Gasteiger partial charge < -0.3 is 9.47 Å². The Bertz CT molecular complexity index is 284. The molecule has 0 unspecified atom stereocenters. The molecular formula is C9H11FO2. The molecule has 0 bridgehead atoms. The quantitative estimate of drug-likeness (QED) is 0.677. The zero-order valence-corrected chi connectivity index (χ0v) is 7.35. The number of halogens is 1. The topological polar surface area (TPSA) is 18.5 Å². The fourth-order valence-corrected chi connectivity index (χ4v) is 1.11. The SMILES string of the molecule is COc1cc(F)cc(C)c1OC. The summed E-state index contributed by atoms with van der Waals surface area (Å²) >= 11 is 0. The molecule has 0 saturated carbocycles. The van der Waals surface area contributed by atoms with Crippen molar-refractivity contribution in [2.75, 3.05) is 14.2 Å². The second-order valence-corrected chi connectivity index (χ2v) is 2.46. The maximum Gasteiger partial charge on any atom is 0.163 e. The third-order valence-electron chi connectivity index (χ3n) is 1.63. The van der Waals surface area contributed by atoms with E-state index in [4.69, 9.17) is 9.47 Å². The molecule has 0 atom stereocenters. The van der Waals surface area contributed by atoms with Crippen LogP contribution < -0.4 is 9.47 Å². The third kappa shape index (κ3) is 1.49. The van der Waals surface area contributed by atoms with Crippen LogP contribution in [-0.4, -0.2) is 14.2 Å². The Kier molecular flexibility index (Phi) is 2.53. The molecule has 0 heterocycles. The van der Waals surface area contributed by atoms with Gasteiger partial charge in [-0.1, -0.05) is 0 Å². The molecule has 66 valence electrons. The minimum absolute atomic E-state index is 0.315. The number of benzene rings is 1. The van der Waals surface area contributed by atoms with Crippen molar-refractivity contribution in [3.05, 3.63) is 23.5 Å². The van der Waals surface area contributed by atoms with E-state index in [9.17, 15) is 4.39 Å². The first kappa shape index (κ1) is 8.84. The lowest BCUT2D eigenvalue weighted by Crippen LogP contribution is -1.94. The molecule has 1 rings (SSSR count). The Hall–Kier alpha value is -1.25. The van der Waals surface area contributed by atoms with Crippen molar-refractivity contribution >= 4 is 0 Å². The van der Waals surface area contributed by atoms with Crippen LogP contribution in [0.25, 0.3) is 0 Å². The molecule has 0 aromatic heterocycles. The highest BCUT2D eigenvalue weighted by Gasteiger charge is 2.08. The molecule has 1 aromatic rings. The highest BCUT2D eigenvalue weighted by atomic mass is 19.1. The van der Waals surface area contributed by atoms with E-state index >= 15 is 0 Å². The summed E-state index contributed by atoms with van der Waals surface area (Å²) in [5, 5.41) is 0. The standard InChI is InChI=1S/C9H11FO2/c1-6-4-7(10)5-8(11-2)9(6)12-3/h4-5H,1-3H3. The van der Waals surface area contributed by atoms with Crippen molar-refractivity contribution in [3.63, 3.8) is 0 Å². The second kappa shape index (κ2) is 3.43. The van der Waals surface area contributed by atoms with Crippen molar-refractivity contribution in [1.82, 2.24) is 0 Å². The molecule has 0 spiro atoms. The van der Waals surface area contributed by atoms with Gasteiger partial charge in [0, 0.05) is 6.07 Å². The summed E-state index contributed by atoms with van der Waals surface area (Å²) in [6.07, 6.45) is 0. The molecule has 1 aromatic carbocycles. The van der Waals surface area contributed by atoms with E-state index in [-0.39, 0.29) is 5.82 Å². The van der Waals surface area contributed by atoms with Gasteiger partial charge in [0.05, 0.1) is 14.2 Å². The van der Waals surface area contributed by atoms with Gasteiger partial charge >= 0.3 is 0 Å². The number of methoxy groups -OCH3 is 2. The summed E-state index contributed by atoms with van der Waals surface area (Å²) in [6, 6.07) is 2.70. The molecular weight excluding hydrogens is 159 g/mol. The van der Waals surface area contributed by atoms with Gasteiger partial charge in [-0.25, -0.2) is 4.39 Å². The number of ether oxygens (including phenoxy) is 2. The van der Waals surface area contributed by atoms with Crippen LogP contribution in [0.1, 0.15) is 5.56 Å². The van der Waals surface area contributed by atoms with Gasteiger partial charge in [0.25, 0.3) is 0 Å². The van der Waals surface area contributed by atoms with Crippen LogP contribution in [-0.2, 0) is 0 Å². The largest absolute Gasteiger partial charge is 0.493 e. The molecule has 2 nitrogen and oxygen atoms in total. The monoisotopic (exact) mass is 170 g/mol. The maximum atomic E-state index is 12.8. The molecule has 3 heteroatoms. The number of hydrogen-bond donors (Lipinski definition) is 0. The number of aryl methyl sites for hydroxylation is 1. The Morgan fingerprint density at radius 1 is 1.17 bits per heavy atom. The molecule has 0 radical (unpaired) electrons. The molecule has 0 aliphatic carbocycles. The van der Waals surface area contributed by atoms with Crippen LogP contribution in [0.4, 0.5) is 4.39 Å². The van der Waals surface area contributed by atoms with Crippen LogP contribution in [0.15, 0.2) is 12.1 Å². The Balaban J connectivity index is 3.24. The van der Waals surface area contributed by atoms with E-state index in [2.05, 4.69) is 0 Å². The highest BCUT2D eigenvalue weighted by Crippen LogP contribution is 2.31. The molecule has 0 aliphatic rings. The lowest BCUT2D eigenvalue weighted by atomic mass is 10.2. The minimum atomic E-state index is -0.315. The zero-order valence-electron chi connectivity index (χ0n) is 7.35. The molecule has 12 heavy (non-hydrogen) atoms. The predicted molar refractivity (Wildman–Crippen MR) is 44.2 cm³/mol. The van der Waals surface area contributed by atoms with E-state index in [0.29, 0.717) is 11.5 Å². The third-order valence-corrected chi connectivity index (χ3v) is 1.63. The van der Waals surface area contributed by atoms with Crippen LogP contribution in [0, 0.1) is 12.7 Å². The lowest BCUT2D eigenvalue weighted by molar-refractivity contribution is 0.350. The van der Waals surface area contributed by atoms with Crippen molar-refractivity contribution in [3.8, 4) is 11.5 Å². The first-order valence-corrected chi connectivity index (χ1v) is 3.57. The number of hydrogen-bond acceptors (Lipinski definition) is 2. The average Bonchev–Trinajstić information content (AvgIpc) is 2.03. The van der Waals surface area contributed by atoms with Gasteiger partial charge in [0.1, 0.15) is 5.82 Å². The highest BCUT2D eigenvalue weighted by molar-refractivity contribution is 5.46. The van der Waals surface area contributed by atoms with Gasteiger partial charge in [0.15, 0.2) is 11.5 Å². The summed E-state index contributed by atoms with van der Waals surface area (Å²) in [5.41, 5.74) is 0.731. The minimum Gasteiger partial charge on any atom is -0.493 e. The number of rotatable bonds is 2. The maximum absolute atomic E-state index is 12.8. The Morgan fingerprint density at radius 2 is 1.83 bits per heavy atom. The van der Waals surface area contributed by atoms with E-state index in [1.807, 2.05) is 0 Å². The van der Waals surface area contributed by atoms with E-state index in [1.54, 1.807) is 6.92 Å². The fraction of sp³-hybridized carbons (Fsp3) is 0.333. The predicted octanol–water partition coefficient (Wildman–Crippen LogP) is 2.15. The van der Waals surface area contributed by atoms with Crippen LogP contribution in [0.3, 0.4) is 0 Å². The van der Waals surface area contributed by atoms with Gasteiger partial charge in [-0.15, -0.1) is 0 Å². The van der Waals surface area contributed by atoms with Gasteiger partial charge in [-0.2, -0.15) is 0 Å². The summed E-state index contributed by atoms with van der Waals surface area (Å²) < 4.78 is 22.8. The smallest absolute Gasteiger partial charge is 0.163 e. The van der Waals surface area contributed by atoms with Crippen LogP contribution in [0.2, 0.25) is 0 Å². The molecule has 0 saturated heterocycles.